The van der Waals surface area contributed by atoms with Crippen molar-refractivity contribution < 1.29 is 14.4 Å². The van der Waals surface area contributed by atoms with E-state index < -0.39 is 0 Å². The van der Waals surface area contributed by atoms with Crippen molar-refractivity contribution in [2.45, 2.75) is 0 Å². The van der Waals surface area contributed by atoms with E-state index in [2.05, 4.69) is 9.68 Å². The number of para-hydroxylation sites is 2. The summed E-state index contributed by atoms with van der Waals surface area (Å²) in [6, 6.07) is 8.41. The number of rotatable bonds is 4. The third kappa shape index (κ3) is 2.33. The molecule has 0 aliphatic carbocycles. The highest BCUT2D eigenvalue weighted by Gasteiger charge is 2.21. The smallest absolute Gasteiger partial charge is 0.280 e. The lowest BCUT2D eigenvalue weighted by Crippen LogP contribution is -2.34. The SMILES string of the molecule is Nc1ccccc1N(CCO)C(=O)c1ccon1. The van der Waals surface area contributed by atoms with Crippen molar-refractivity contribution in [1.82, 2.24) is 5.16 Å². The molecule has 6 heteroatoms. The Labute approximate surface area is 104 Å². The van der Waals surface area contributed by atoms with Crippen LogP contribution in [0.15, 0.2) is 41.1 Å². The van der Waals surface area contributed by atoms with E-state index in [4.69, 9.17) is 10.8 Å². The Balaban J connectivity index is 2.34. The van der Waals surface area contributed by atoms with Crippen LogP contribution in [0, 0.1) is 0 Å². The average molecular weight is 247 g/mol. The molecule has 0 atom stereocenters. The van der Waals surface area contributed by atoms with Gasteiger partial charge >= 0.3 is 0 Å². The summed E-state index contributed by atoms with van der Waals surface area (Å²) in [5, 5.41) is 12.6. The van der Waals surface area contributed by atoms with Crippen LogP contribution in [-0.4, -0.2) is 29.3 Å². The Bertz CT molecular complexity index is 525. The van der Waals surface area contributed by atoms with E-state index in [0.717, 1.165) is 0 Å². The van der Waals surface area contributed by atoms with Crippen LogP contribution in [-0.2, 0) is 0 Å². The van der Waals surface area contributed by atoms with Gasteiger partial charge < -0.3 is 20.3 Å². The molecule has 1 aromatic heterocycles. The Kier molecular flexibility index (Phi) is 3.59. The Morgan fingerprint density at radius 2 is 2.17 bits per heavy atom. The van der Waals surface area contributed by atoms with Crippen LogP contribution in [0.4, 0.5) is 11.4 Å². The highest BCUT2D eigenvalue weighted by molar-refractivity contribution is 6.06. The number of benzene rings is 1. The molecule has 2 rings (SSSR count). The van der Waals surface area contributed by atoms with Crippen LogP contribution in [0.3, 0.4) is 0 Å². The van der Waals surface area contributed by atoms with E-state index in [9.17, 15) is 4.79 Å². The van der Waals surface area contributed by atoms with Gasteiger partial charge in [-0.3, -0.25) is 4.79 Å². The number of aromatic nitrogens is 1. The molecule has 0 radical (unpaired) electrons. The standard InChI is InChI=1S/C12H13N3O3/c13-9-3-1-2-4-11(9)15(6-7-16)12(17)10-5-8-18-14-10/h1-5,8,16H,6-7,13H2. The fourth-order valence-corrected chi connectivity index (χ4v) is 1.63. The predicted octanol–water partition coefficient (Wildman–Crippen LogP) is 0.896. The number of nitrogens with two attached hydrogens (primary N) is 1. The predicted molar refractivity (Wildman–Crippen MR) is 66.1 cm³/mol. The zero-order valence-corrected chi connectivity index (χ0v) is 9.61. The van der Waals surface area contributed by atoms with E-state index in [-0.39, 0.29) is 24.8 Å². The quantitative estimate of drug-likeness (QED) is 0.783. The van der Waals surface area contributed by atoms with Crippen LogP contribution >= 0.6 is 0 Å². The van der Waals surface area contributed by atoms with Gasteiger partial charge in [0.1, 0.15) is 6.26 Å². The number of hydrogen-bond acceptors (Lipinski definition) is 5. The van der Waals surface area contributed by atoms with Gasteiger partial charge in [0.15, 0.2) is 5.69 Å². The third-order valence-electron chi connectivity index (χ3n) is 2.45. The summed E-state index contributed by atoms with van der Waals surface area (Å²) in [5.41, 5.74) is 7.00. The van der Waals surface area contributed by atoms with E-state index in [1.807, 2.05) is 0 Å². The van der Waals surface area contributed by atoms with E-state index in [0.29, 0.717) is 11.4 Å². The molecule has 1 heterocycles. The molecular weight excluding hydrogens is 234 g/mol. The first-order chi connectivity index (χ1) is 8.74. The van der Waals surface area contributed by atoms with Gasteiger partial charge in [-0.1, -0.05) is 17.3 Å². The second-order valence-corrected chi connectivity index (χ2v) is 3.62. The summed E-state index contributed by atoms with van der Waals surface area (Å²) in [4.78, 5) is 13.6. The Morgan fingerprint density at radius 3 is 2.78 bits per heavy atom. The number of anilines is 2. The monoisotopic (exact) mass is 247 g/mol. The zero-order chi connectivity index (χ0) is 13.0. The molecule has 0 saturated heterocycles. The van der Waals surface area contributed by atoms with E-state index in [1.165, 1.54) is 17.2 Å². The summed E-state index contributed by atoms with van der Waals surface area (Å²) in [7, 11) is 0. The molecule has 18 heavy (non-hydrogen) atoms. The Morgan fingerprint density at radius 1 is 1.39 bits per heavy atom. The summed E-state index contributed by atoms with van der Waals surface area (Å²) in [6.45, 7) is -0.0299. The van der Waals surface area contributed by atoms with Gasteiger partial charge in [0.05, 0.1) is 18.0 Å². The highest BCUT2D eigenvalue weighted by Crippen LogP contribution is 2.23. The molecule has 0 fully saturated rings. The molecule has 0 aliphatic heterocycles. The first-order valence-electron chi connectivity index (χ1n) is 5.41. The van der Waals surface area contributed by atoms with Gasteiger partial charge in [-0.2, -0.15) is 0 Å². The molecule has 0 bridgehead atoms. The average Bonchev–Trinajstić information content (AvgIpc) is 2.90. The second-order valence-electron chi connectivity index (χ2n) is 3.62. The normalized spacial score (nSPS) is 10.3. The minimum Gasteiger partial charge on any atom is -0.397 e. The summed E-state index contributed by atoms with van der Waals surface area (Å²) >= 11 is 0. The van der Waals surface area contributed by atoms with Crippen molar-refractivity contribution in [2.24, 2.45) is 0 Å². The Hall–Kier alpha value is -2.34. The number of nitrogen functional groups attached to an aromatic ring is 1. The number of aliphatic hydroxyl groups excluding tert-OH is 1. The molecule has 6 nitrogen and oxygen atoms in total. The molecule has 0 spiro atoms. The summed E-state index contributed by atoms with van der Waals surface area (Å²) < 4.78 is 4.64. The van der Waals surface area contributed by atoms with E-state index in [1.54, 1.807) is 24.3 Å². The lowest BCUT2D eigenvalue weighted by Gasteiger charge is -2.22. The maximum atomic E-state index is 12.2. The van der Waals surface area contributed by atoms with Gasteiger partial charge in [-0.05, 0) is 12.1 Å². The van der Waals surface area contributed by atoms with Gasteiger partial charge in [-0.25, -0.2) is 0 Å². The van der Waals surface area contributed by atoms with Gasteiger partial charge in [-0.15, -0.1) is 0 Å². The molecule has 1 amide bonds. The van der Waals surface area contributed by atoms with Gasteiger partial charge in [0.2, 0.25) is 0 Å². The molecule has 0 saturated carbocycles. The minimum absolute atomic E-state index is 0.139. The van der Waals surface area contributed by atoms with Crippen molar-refractivity contribution in [3.63, 3.8) is 0 Å². The van der Waals surface area contributed by atoms with Crippen LogP contribution in [0.1, 0.15) is 10.5 Å². The largest absolute Gasteiger partial charge is 0.397 e. The topological polar surface area (TPSA) is 92.6 Å². The van der Waals surface area contributed by atoms with Gasteiger partial charge in [0.25, 0.3) is 5.91 Å². The van der Waals surface area contributed by atoms with Crippen LogP contribution in [0.5, 0.6) is 0 Å². The third-order valence-corrected chi connectivity index (χ3v) is 2.45. The van der Waals surface area contributed by atoms with Crippen LogP contribution in [0.25, 0.3) is 0 Å². The number of aliphatic hydroxyl groups is 1. The first kappa shape index (κ1) is 12.1. The van der Waals surface area contributed by atoms with Crippen molar-refractivity contribution in [1.29, 1.82) is 0 Å². The highest BCUT2D eigenvalue weighted by atomic mass is 16.5. The molecule has 0 unspecified atom stereocenters. The number of nitrogens with zero attached hydrogens (tertiary/aromatic N) is 2. The molecule has 2 aromatic rings. The zero-order valence-electron chi connectivity index (χ0n) is 9.61. The number of carbonyl (C=O) groups excluding carboxylic acids is 1. The lowest BCUT2D eigenvalue weighted by atomic mass is 10.2. The minimum atomic E-state index is -0.365. The van der Waals surface area contributed by atoms with Crippen LogP contribution in [0.2, 0.25) is 0 Å². The molecule has 1 aromatic carbocycles. The molecule has 0 aliphatic rings. The number of hydrogen-bond donors (Lipinski definition) is 2. The maximum Gasteiger partial charge on any atom is 0.280 e. The fourth-order valence-electron chi connectivity index (χ4n) is 1.63. The van der Waals surface area contributed by atoms with Gasteiger partial charge in [0, 0.05) is 12.6 Å². The molecule has 94 valence electrons. The second kappa shape index (κ2) is 5.33. The van der Waals surface area contributed by atoms with Crippen molar-refractivity contribution in [3.05, 3.63) is 42.3 Å². The van der Waals surface area contributed by atoms with Crippen molar-refractivity contribution in [3.8, 4) is 0 Å². The number of carbonyl (C=O) groups is 1. The first-order valence-corrected chi connectivity index (χ1v) is 5.41. The van der Waals surface area contributed by atoms with Crippen LogP contribution < -0.4 is 10.6 Å². The van der Waals surface area contributed by atoms with Crippen molar-refractivity contribution >= 4 is 17.3 Å². The molecule has 3 N–H and O–H groups in total. The molecular formula is C12H13N3O3. The summed E-state index contributed by atoms with van der Waals surface area (Å²) in [6.07, 6.45) is 1.32. The summed E-state index contributed by atoms with van der Waals surface area (Å²) in [5.74, 6) is -0.365. The maximum absolute atomic E-state index is 12.2. The number of amides is 1. The van der Waals surface area contributed by atoms with E-state index >= 15 is 0 Å². The fraction of sp³-hybridized carbons (Fsp3) is 0.167. The lowest BCUT2D eigenvalue weighted by molar-refractivity contribution is 0.0972. The van der Waals surface area contributed by atoms with Crippen molar-refractivity contribution in [2.75, 3.05) is 23.8 Å².